The van der Waals surface area contributed by atoms with Gasteiger partial charge in [0.05, 0.1) is 0 Å². The highest BCUT2D eigenvalue weighted by Crippen LogP contribution is 2.36. The van der Waals surface area contributed by atoms with Crippen LogP contribution in [0.15, 0.2) is 12.1 Å². The van der Waals surface area contributed by atoms with Crippen molar-refractivity contribution in [1.29, 1.82) is 0 Å². The van der Waals surface area contributed by atoms with Gasteiger partial charge in [-0.15, -0.1) is 24.8 Å². The van der Waals surface area contributed by atoms with Crippen LogP contribution in [0.1, 0.15) is 18.5 Å². The summed E-state index contributed by atoms with van der Waals surface area (Å²) in [6, 6.07) is 2.59. The molecule has 0 aromatic heterocycles. The SMILES string of the molecule is C[C@H](c1c(Cl)ccc(F)c1O)N1CCNCC1.Cl.Cl. The molecule has 1 saturated heterocycles. The van der Waals surface area contributed by atoms with Crippen LogP contribution in [-0.4, -0.2) is 36.2 Å². The second-order valence-corrected chi connectivity index (χ2v) is 4.66. The van der Waals surface area contributed by atoms with E-state index in [1.807, 2.05) is 6.92 Å². The van der Waals surface area contributed by atoms with E-state index in [9.17, 15) is 9.50 Å². The third-order valence-electron chi connectivity index (χ3n) is 3.23. The number of nitrogens with one attached hydrogen (secondary N) is 1. The predicted octanol–water partition coefficient (Wildman–Crippen LogP) is 2.99. The zero-order valence-electron chi connectivity index (χ0n) is 10.5. The number of halogens is 4. The first-order valence-corrected chi connectivity index (χ1v) is 6.10. The average Bonchev–Trinajstić information content (AvgIpc) is 2.35. The molecule has 1 aliphatic heterocycles. The molecule has 7 heteroatoms. The molecule has 0 bridgehead atoms. The second-order valence-electron chi connectivity index (χ2n) is 4.25. The first kappa shape index (κ1) is 18.7. The number of hydrogen-bond donors (Lipinski definition) is 2. The number of nitrogens with zero attached hydrogens (tertiary/aromatic N) is 1. The van der Waals surface area contributed by atoms with E-state index in [2.05, 4.69) is 10.2 Å². The molecule has 1 aliphatic rings. The maximum absolute atomic E-state index is 13.3. The molecule has 1 atom stereocenters. The van der Waals surface area contributed by atoms with Crippen molar-refractivity contribution in [1.82, 2.24) is 10.2 Å². The minimum atomic E-state index is -0.619. The summed E-state index contributed by atoms with van der Waals surface area (Å²) < 4.78 is 13.3. The molecule has 1 heterocycles. The summed E-state index contributed by atoms with van der Waals surface area (Å²) in [5.74, 6) is -0.949. The van der Waals surface area contributed by atoms with E-state index in [0.717, 1.165) is 26.2 Å². The quantitative estimate of drug-likeness (QED) is 0.874. The number of phenols is 1. The number of aromatic hydroxyl groups is 1. The summed E-state index contributed by atoms with van der Waals surface area (Å²) in [5, 5.41) is 13.4. The van der Waals surface area contributed by atoms with Crippen LogP contribution in [0.5, 0.6) is 5.75 Å². The van der Waals surface area contributed by atoms with E-state index in [4.69, 9.17) is 11.6 Å². The van der Waals surface area contributed by atoms with Gasteiger partial charge in [-0.3, -0.25) is 4.90 Å². The number of hydrogen-bond acceptors (Lipinski definition) is 3. The van der Waals surface area contributed by atoms with E-state index >= 15 is 0 Å². The first-order chi connectivity index (χ1) is 8.11. The molecule has 1 aromatic carbocycles. The van der Waals surface area contributed by atoms with Crippen LogP contribution in [0.25, 0.3) is 0 Å². The van der Waals surface area contributed by atoms with Crippen molar-refractivity contribution in [3.05, 3.63) is 28.5 Å². The molecule has 2 rings (SSSR count). The molecule has 1 fully saturated rings. The van der Waals surface area contributed by atoms with Gasteiger partial charge in [0.2, 0.25) is 0 Å². The Morgan fingerprint density at radius 3 is 2.47 bits per heavy atom. The van der Waals surface area contributed by atoms with Crippen LogP contribution in [0.2, 0.25) is 5.02 Å². The van der Waals surface area contributed by atoms with Crippen molar-refractivity contribution < 1.29 is 9.50 Å². The normalized spacial score (nSPS) is 17.2. The van der Waals surface area contributed by atoms with E-state index in [-0.39, 0.29) is 36.6 Å². The summed E-state index contributed by atoms with van der Waals surface area (Å²) in [5.41, 5.74) is 0.480. The monoisotopic (exact) mass is 330 g/mol. The summed E-state index contributed by atoms with van der Waals surface area (Å²) >= 11 is 6.05. The Morgan fingerprint density at radius 2 is 1.89 bits per heavy atom. The topological polar surface area (TPSA) is 35.5 Å². The van der Waals surface area contributed by atoms with Crippen LogP contribution in [0, 0.1) is 5.82 Å². The van der Waals surface area contributed by atoms with Gasteiger partial charge in [-0.1, -0.05) is 11.6 Å². The Labute approximate surface area is 129 Å². The first-order valence-electron chi connectivity index (χ1n) is 5.73. The number of piperazine rings is 1. The molecule has 110 valence electrons. The highest BCUT2D eigenvalue weighted by molar-refractivity contribution is 6.31. The van der Waals surface area contributed by atoms with Crippen LogP contribution in [0.3, 0.4) is 0 Å². The third-order valence-corrected chi connectivity index (χ3v) is 3.56. The molecule has 0 amide bonds. The second kappa shape index (κ2) is 8.12. The van der Waals surface area contributed by atoms with Gasteiger partial charge < -0.3 is 10.4 Å². The van der Waals surface area contributed by atoms with Crippen molar-refractivity contribution in [3.8, 4) is 5.75 Å². The van der Waals surface area contributed by atoms with Gasteiger partial charge in [0.25, 0.3) is 0 Å². The highest BCUT2D eigenvalue weighted by atomic mass is 35.5. The molecular weight excluding hydrogens is 314 g/mol. The Bertz CT molecular complexity index is 414. The summed E-state index contributed by atoms with van der Waals surface area (Å²) in [4.78, 5) is 2.18. The Balaban J connectivity index is 0.00000162. The zero-order valence-corrected chi connectivity index (χ0v) is 12.9. The van der Waals surface area contributed by atoms with Gasteiger partial charge in [-0.2, -0.15) is 0 Å². The molecule has 19 heavy (non-hydrogen) atoms. The molecule has 1 aromatic rings. The van der Waals surface area contributed by atoms with Gasteiger partial charge in [0.15, 0.2) is 11.6 Å². The summed E-state index contributed by atoms with van der Waals surface area (Å²) in [6.07, 6.45) is 0. The Kier molecular flexibility index (Phi) is 8.01. The molecule has 0 unspecified atom stereocenters. The summed E-state index contributed by atoms with van der Waals surface area (Å²) in [7, 11) is 0. The fourth-order valence-corrected chi connectivity index (χ4v) is 2.52. The Morgan fingerprint density at radius 1 is 1.32 bits per heavy atom. The molecule has 0 spiro atoms. The zero-order chi connectivity index (χ0) is 12.4. The van der Waals surface area contributed by atoms with Crippen molar-refractivity contribution in [3.63, 3.8) is 0 Å². The van der Waals surface area contributed by atoms with Crippen LogP contribution in [-0.2, 0) is 0 Å². The number of phenolic OH excluding ortho intramolecular Hbond substituents is 1. The van der Waals surface area contributed by atoms with Crippen molar-refractivity contribution >= 4 is 36.4 Å². The standard InChI is InChI=1S/C12H16ClFN2O.2ClH/c1-8(16-6-4-15-5-7-16)11-9(13)2-3-10(14)12(11)17;;/h2-3,8,15,17H,4-7H2,1H3;2*1H/t8-;;/m1../s1. The van der Waals surface area contributed by atoms with Gasteiger partial charge in [0, 0.05) is 42.8 Å². The van der Waals surface area contributed by atoms with Gasteiger partial charge >= 0.3 is 0 Å². The van der Waals surface area contributed by atoms with E-state index < -0.39 is 5.82 Å². The lowest BCUT2D eigenvalue weighted by Crippen LogP contribution is -2.44. The lowest BCUT2D eigenvalue weighted by Gasteiger charge is -2.33. The minimum Gasteiger partial charge on any atom is -0.505 e. The lowest BCUT2D eigenvalue weighted by atomic mass is 10.0. The maximum atomic E-state index is 13.3. The minimum absolute atomic E-state index is 0. The third kappa shape index (κ3) is 4.10. The predicted molar refractivity (Wildman–Crippen MR) is 80.4 cm³/mol. The van der Waals surface area contributed by atoms with Crippen LogP contribution >= 0.6 is 36.4 Å². The van der Waals surface area contributed by atoms with E-state index in [1.54, 1.807) is 0 Å². The Hall–Kier alpha value is -0.260. The molecule has 0 radical (unpaired) electrons. The van der Waals surface area contributed by atoms with Gasteiger partial charge in [0.1, 0.15) is 0 Å². The van der Waals surface area contributed by atoms with Gasteiger partial charge in [-0.25, -0.2) is 4.39 Å². The smallest absolute Gasteiger partial charge is 0.165 e. The van der Waals surface area contributed by atoms with E-state index in [0.29, 0.717) is 10.6 Å². The van der Waals surface area contributed by atoms with Crippen LogP contribution in [0.4, 0.5) is 4.39 Å². The molecule has 0 aliphatic carbocycles. The average molecular weight is 332 g/mol. The fraction of sp³-hybridized carbons (Fsp3) is 0.500. The van der Waals surface area contributed by atoms with Crippen LogP contribution < -0.4 is 5.32 Å². The van der Waals surface area contributed by atoms with Crippen molar-refractivity contribution in [2.24, 2.45) is 0 Å². The van der Waals surface area contributed by atoms with Gasteiger partial charge in [-0.05, 0) is 19.1 Å². The molecule has 2 N–H and O–H groups in total. The summed E-state index contributed by atoms with van der Waals surface area (Å²) in [6.45, 7) is 5.47. The number of benzene rings is 1. The lowest BCUT2D eigenvalue weighted by molar-refractivity contribution is 0.182. The van der Waals surface area contributed by atoms with Crippen molar-refractivity contribution in [2.45, 2.75) is 13.0 Å². The number of rotatable bonds is 2. The maximum Gasteiger partial charge on any atom is 0.165 e. The van der Waals surface area contributed by atoms with E-state index in [1.165, 1.54) is 12.1 Å². The highest BCUT2D eigenvalue weighted by Gasteiger charge is 2.24. The molecule has 0 saturated carbocycles. The largest absolute Gasteiger partial charge is 0.505 e. The molecular formula is C12H18Cl3FN2O. The van der Waals surface area contributed by atoms with Crippen molar-refractivity contribution in [2.75, 3.05) is 26.2 Å². The molecule has 3 nitrogen and oxygen atoms in total. The fourth-order valence-electron chi connectivity index (χ4n) is 2.21.